The standard InChI is InChI=1S/C8H6FNOS/c9-7-5(10)3-6(11)4-1-2-12-8(4)7/h1-3,11H,10H2. The zero-order valence-corrected chi connectivity index (χ0v) is 6.86. The van der Waals surface area contributed by atoms with Gasteiger partial charge in [-0.1, -0.05) is 0 Å². The normalized spacial score (nSPS) is 10.8. The number of nitrogen functional groups attached to an aromatic ring is 1. The molecule has 0 atom stereocenters. The highest BCUT2D eigenvalue weighted by atomic mass is 32.1. The highest BCUT2D eigenvalue weighted by Gasteiger charge is 2.09. The Morgan fingerprint density at radius 2 is 2.25 bits per heavy atom. The average molecular weight is 183 g/mol. The number of nitrogens with two attached hydrogens (primary N) is 1. The SMILES string of the molecule is Nc1cc(O)c2ccsc2c1F. The first-order chi connectivity index (χ1) is 5.70. The highest BCUT2D eigenvalue weighted by Crippen LogP contribution is 2.34. The number of hydrogen-bond acceptors (Lipinski definition) is 3. The summed E-state index contributed by atoms with van der Waals surface area (Å²) >= 11 is 1.23. The second-order valence-corrected chi connectivity index (χ2v) is 3.38. The zero-order valence-electron chi connectivity index (χ0n) is 6.04. The van der Waals surface area contributed by atoms with Crippen LogP contribution in [-0.2, 0) is 0 Å². The molecule has 0 radical (unpaired) electrons. The van der Waals surface area contributed by atoms with Crippen molar-refractivity contribution in [2.45, 2.75) is 0 Å². The van der Waals surface area contributed by atoms with Crippen molar-refractivity contribution in [3.63, 3.8) is 0 Å². The molecule has 2 aromatic rings. The molecule has 0 unspecified atom stereocenters. The fourth-order valence-electron chi connectivity index (χ4n) is 1.10. The lowest BCUT2D eigenvalue weighted by Crippen LogP contribution is -1.89. The summed E-state index contributed by atoms with van der Waals surface area (Å²) in [7, 11) is 0. The third-order valence-corrected chi connectivity index (χ3v) is 2.59. The molecule has 2 nitrogen and oxygen atoms in total. The van der Waals surface area contributed by atoms with E-state index in [0.717, 1.165) is 0 Å². The number of phenols is 1. The van der Waals surface area contributed by atoms with Gasteiger partial charge in [-0.3, -0.25) is 0 Å². The largest absolute Gasteiger partial charge is 0.507 e. The van der Waals surface area contributed by atoms with Gasteiger partial charge in [0.25, 0.3) is 0 Å². The minimum Gasteiger partial charge on any atom is -0.507 e. The van der Waals surface area contributed by atoms with Crippen LogP contribution in [0.15, 0.2) is 17.5 Å². The van der Waals surface area contributed by atoms with Gasteiger partial charge in [-0.2, -0.15) is 0 Å². The third-order valence-electron chi connectivity index (χ3n) is 1.69. The molecule has 4 heteroatoms. The van der Waals surface area contributed by atoms with Crippen LogP contribution in [0.5, 0.6) is 5.75 Å². The molecule has 2 rings (SSSR count). The average Bonchev–Trinajstić information content (AvgIpc) is 2.48. The second-order valence-electron chi connectivity index (χ2n) is 2.46. The van der Waals surface area contributed by atoms with E-state index in [1.165, 1.54) is 17.4 Å². The van der Waals surface area contributed by atoms with Crippen LogP contribution in [-0.4, -0.2) is 5.11 Å². The van der Waals surface area contributed by atoms with Crippen LogP contribution in [0, 0.1) is 5.82 Å². The van der Waals surface area contributed by atoms with Crippen molar-refractivity contribution >= 4 is 27.1 Å². The first-order valence-electron chi connectivity index (χ1n) is 3.34. The molecule has 0 amide bonds. The van der Waals surface area contributed by atoms with Gasteiger partial charge in [-0.05, 0) is 11.4 Å². The lowest BCUT2D eigenvalue weighted by molar-refractivity contribution is 0.481. The first-order valence-corrected chi connectivity index (χ1v) is 4.22. The summed E-state index contributed by atoms with van der Waals surface area (Å²) in [6, 6.07) is 2.89. The van der Waals surface area contributed by atoms with E-state index >= 15 is 0 Å². The molecule has 0 bridgehead atoms. The van der Waals surface area contributed by atoms with Crippen molar-refractivity contribution in [2.24, 2.45) is 0 Å². The number of halogens is 1. The highest BCUT2D eigenvalue weighted by molar-refractivity contribution is 7.17. The number of anilines is 1. The van der Waals surface area contributed by atoms with E-state index in [9.17, 15) is 9.50 Å². The van der Waals surface area contributed by atoms with Gasteiger partial charge in [0.05, 0.1) is 10.4 Å². The van der Waals surface area contributed by atoms with Crippen LogP contribution in [0.1, 0.15) is 0 Å². The Labute approximate surface area is 72.1 Å². The zero-order chi connectivity index (χ0) is 8.72. The fraction of sp³-hybridized carbons (Fsp3) is 0. The maximum absolute atomic E-state index is 13.2. The maximum Gasteiger partial charge on any atom is 0.164 e. The van der Waals surface area contributed by atoms with Crippen LogP contribution in [0.3, 0.4) is 0 Å². The van der Waals surface area contributed by atoms with Gasteiger partial charge in [0.1, 0.15) is 5.75 Å². The van der Waals surface area contributed by atoms with Crippen molar-refractivity contribution in [1.82, 2.24) is 0 Å². The van der Waals surface area contributed by atoms with Gasteiger partial charge < -0.3 is 10.8 Å². The summed E-state index contributed by atoms with van der Waals surface area (Å²) in [5, 5.41) is 11.6. The van der Waals surface area contributed by atoms with E-state index in [-0.39, 0.29) is 11.4 Å². The monoisotopic (exact) mass is 183 g/mol. The van der Waals surface area contributed by atoms with Crippen LogP contribution < -0.4 is 5.73 Å². The minimum absolute atomic E-state index is 0.0116. The molecule has 1 heterocycles. The third kappa shape index (κ3) is 0.848. The Morgan fingerprint density at radius 1 is 1.50 bits per heavy atom. The Morgan fingerprint density at radius 3 is 3.00 bits per heavy atom. The van der Waals surface area contributed by atoms with Crippen LogP contribution in [0.25, 0.3) is 10.1 Å². The molecule has 0 saturated carbocycles. The predicted molar refractivity (Wildman–Crippen MR) is 47.9 cm³/mol. The maximum atomic E-state index is 13.2. The summed E-state index contributed by atoms with van der Waals surface area (Å²) in [6.07, 6.45) is 0. The minimum atomic E-state index is -0.446. The molecule has 1 aromatic carbocycles. The second kappa shape index (κ2) is 2.35. The summed E-state index contributed by atoms with van der Waals surface area (Å²) in [6.45, 7) is 0. The van der Waals surface area contributed by atoms with Gasteiger partial charge >= 0.3 is 0 Å². The summed E-state index contributed by atoms with van der Waals surface area (Å²) in [4.78, 5) is 0. The molecule has 0 aliphatic heterocycles. The molecule has 1 aromatic heterocycles. The van der Waals surface area contributed by atoms with Gasteiger partial charge in [0, 0.05) is 11.5 Å². The van der Waals surface area contributed by atoms with Gasteiger partial charge in [0.15, 0.2) is 5.82 Å². The Hall–Kier alpha value is -1.29. The quantitative estimate of drug-likeness (QED) is 0.616. The summed E-state index contributed by atoms with van der Waals surface area (Å²) < 4.78 is 13.6. The van der Waals surface area contributed by atoms with Crippen molar-refractivity contribution in [3.8, 4) is 5.75 Å². The molecule has 0 fully saturated rings. The molecule has 0 aliphatic carbocycles. The van der Waals surface area contributed by atoms with Crippen molar-refractivity contribution in [1.29, 1.82) is 0 Å². The lowest BCUT2D eigenvalue weighted by Gasteiger charge is -1.99. The number of fused-ring (bicyclic) bond motifs is 1. The van der Waals surface area contributed by atoms with E-state index in [4.69, 9.17) is 5.73 Å². The molecule has 0 saturated heterocycles. The number of benzene rings is 1. The Bertz CT molecular complexity index is 438. The molecule has 0 aliphatic rings. The summed E-state index contributed by atoms with van der Waals surface area (Å²) in [5.74, 6) is -0.414. The number of phenolic OH excluding ortho intramolecular Hbond substituents is 1. The number of hydrogen-bond donors (Lipinski definition) is 2. The van der Waals surface area contributed by atoms with Crippen LogP contribution >= 0.6 is 11.3 Å². The Balaban J connectivity index is 2.97. The molecule has 62 valence electrons. The fourth-order valence-corrected chi connectivity index (χ4v) is 1.96. The van der Waals surface area contributed by atoms with Crippen LogP contribution in [0.4, 0.5) is 10.1 Å². The first kappa shape index (κ1) is 7.36. The van der Waals surface area contributed by atoms with E-state index in [1.54, 1.807) is 11.4 Å². The van der Waals surface area contributed by atoms with E-state index in [0.29, 0.717) is 10.1 Å². The molecule has 12 heavy (non-hydrogen) atoms. The van der Waals surface area contributed by atoms with Gasteiger partial charge in [-0.15, -0.1) is 11.3 Å². The molecular formula is C8H6FNOS. The topological polar surface area (TPSA) is 46.2 Å². The van der Waals surface area contributed by atoms with E-state index in [1.807, 2.05) is 0 Å². The predicted octanol–water partition coefficient (Wildman–Crippen LogP) is 2.33. The smallest absolute Gasteiger partial charge is 0.164 e. The van der Waals surface area contributed by atoms with Gasteiger partial charge in [-0.25, -0.2) is 4.39 Å². The van der Waals surface area contributed by atoms with Crippen LogP contribution in [0.2, 0.25) is 0 Å². The van der Waals surface area contributed by atoms with E-state index < -0.39 is 5.82 Å². The molecule has 0 spiro atoms. The Kier molecular flexibility index (Phi) is 1.44. The number of aromatic hydroxyl groups is 1. The lowest BCUT2D eigenvalue weighted by atomic mass is 10.2. The molecule has 3 N–H and O–H groups in total. The van der Waals surface area contributed by atoms with Crippen molar-refractivity contribution in [3.05, 3.63) is 23.3 Å². The van der Waals surface area contributed by atoms with Crippen molar-refractivity contribution in [2.75, 3.05) is 5.73 Å². The number of rotatable bonds is 0. The van der Waals surface area contributed by atoms with E-state index in [2.05, 4.69) is 0 Å². The molecular weight excluding hydrogens is 177 g/mol. The summed E-state index contributed by atoms with van der Waals surface area (Å²) in [5.41, 5.74) is 5.31. The van der Waals surface area contributed by atoms with Gasteiger partial charge in [0.2, 0.25) is 0 Å². The number of thiophene rings is 1. The van der Waals surface area contributed by atoms with Crippen molar-refractivity contribution < 1.29 is 9.50 Å².